The number of hydrogen-bond acceptors (Lipinski definition) is 4. The number of carbonyl (C=O) groups excluding carboxylic acids is 2. The third kappa shape index (κ3) is 2.66. The normalized spacial score (nSPS) is 30.2. The van der Waals surface area contributed by atoms with Crippen molar-refractivity contribution in [1.82, 2.24) is 9.80 Å². The lowest BCUT2D eigenvalue weighted by molar-refractivity contribution is -0.147. The first-order chi connectivity index (χ1) is 8.54. The first-order valence-electron chi connectivity index (χ1n) is 6.63. The number of hydrogen-bond donors (Lipinski definition) is 0. The van der Waals surface area contributed by atoms with E-state index in [4.69, 9.17) is 4.74 Å². The van der Waals surface area contributed by atoms with Crippen LogP contribution in [-0.4, -0.2) is 60.5 Å². The summed E-state index contributed by atoms with van der Waals surface area (Å²) in [4.78, 5) is 27.9. The lowest BCUT2D eigenvalue weighted by Crippen LogP contribution is -2.48. The number of amides is 1. The average Bonchev–Trinajstić information content (AvgIpc) is 3.19. The molecule has 1 saturated heterocycles. The molecule has 0 radical (unpaired) electrons. The van der Waals surface area contributed by atoms with Crippen molar-refractivity contribution >= 4 is 11.9 Å². The molecule has 2 aliphatic rings. The van der Waals surface area contributed by atoms with E-state index < -0.39 is 0 Å². The fraction of sp³-hybridized carbons (Fsp3) is 0.846. The highest BCUT2D eigenvalue weighted by Gasteiger charge is 2.42. The maximum absolute atomic E-state index is 12.4. The van der Waals surface area contributed by atoms with Gasteiger partial charge in [-0.05, 0) is 26.2 Å². The Balaban J connectivity index is 2.16. The van der Waals surface area contributed by atoms with Crippen LogP contribution < -0.4 is 0 Å². The van der Waals surface area contributed by atoms with Gasteiger partial charge in [-0.25, -0.2) is 0 Å². The molecule has 5 heteroatoms. The van der Waals surface area contributed by atoms with Gasteiger partial charge >= 0.3 is 5.97 Å². The van der Waals surface area contributed by atoms with Crippen LogP contribution in [0.3, 0.4) is 0 Å². The van der Waals surface area contributed by atoms with Crippen LogP contribution in [-0.2, 0) is 14.3 Å². The van der Waals surface area contributed by atoms with Crippen LogP contribution in [0.5, 0.6) is 0 Å². The van der Waals surface area contributed by atoms with Crippen LogP contribution in [0.4, 0.5) is 0 Å². The molecule has 1 aliphatic heterocycles. The Morgan fingerprint density at radius 3 is 2.61 bits per heavy atom. The molecule has 2 fully saturated rings. The van der Waals surface area contributed by atoms with E-state index in [-0.39, 0.29) is 30.4 Å². The molecule has 2 rings (SSSR count). The molecule has 0 spiro atoms. The van der Waals surface area contributed by atoms with E-state index in [1.807, 2.05) is 7.05 Å². The Morgan fingerprint density at radius 1 is 1.39 bits per heavy atom. The van der Waals surface area contributed by atoms with Crippen molar-refractivity contribution in [1.29, 1.82) is 0 Å². The second kappa shape index (κ2) is 5.26. The van der Waals surface area contributed by atoms with Crippen molar-refractivity contribution in [3.8, 4) is 0 Å². The summed E-state index contributed by atoms with van der Waals surface area (Å²) in [5.41, 5.74) is 0. The smallest absolute Gasteiger partial charge is 0.307 e. The number of ether oxygens (including phenoxy) is 1. The van der Waals surface area contributed by atoms with Gasteiger partial charge in [0.2, 0.25) is 5.91 Å². The minimum Gasteiger partial charge on any atom is -0.469 e. The summed E-state index contributed by atoms with van der Waals surface area (Å²) in [5.74, 6) is -0.251. The van der Waals surface area contributed by atoms with Crippen LogP contribution in [0.25, 0.3) is 0 Å². The zero-order valence-electron chi connectivity index (χ0n) is 11.4. The second-order valence-corrected chi connectivity index (χ2v) is 5.35. The van der Waals surface area contributed by atoms with Crippen LogP contribution in [0.2, 0.25) is 0 Å². The third-order valence-corrected chi connectivity index (χ3v) is 4.10. The average molecular weight is 254 g/mol. The number of esters is 1. The van der Waals surface area contributed by atoms with E-state index in [1.165, 1.54) is 7.11 Å². The highest BCUT2D eigenvalue weighted by atomic mass is 16.5. The van der Waals surface area contributed by atoms with Crippen LogP contribution >= 0.6 is 0 Å². The summed E-state index contributed by atoms with van der Waals surface area (Å²) < 4.78 is 4.72. The van der Waals surface area contributed by atoms with Gasteiger partial charge in [-0.1, -0.05) is 0 Å². The monoisotopic (exact) mass is 254 g/mol. The molecule has 5 nitrogen and oxygen atoms in total. The number of nitrogens with zero attached hydrogens (tertiary/aromatic N) is 2. The van der Waals surface area contributed by atoms with Crippen molar-refractivity contribution in [2.45, 2.75) is 50.7 Å². The van der Waals surface area contributed by atoms with Gasteiger partial charge in [0.25, 0.3) is 0 Å². The molecule has 0 N–H and O–H groups in total. The number of likely N-dealkylation sites (N-methyl/N-ethyl adjacent to an activating group) is 1. The highest BCUT2D eigenvalue weighted by Crippen LogP contribution is 2.32. The van der Waals surface area contributed by atoms with Crippen molar-refractivity contribution in [2.75, 3.05) is 20.7 Å². The minimum absolute atomic E-state index is 0.0531. The SMILES string of the molecule is COC(=O)CC1C(=O)N(C)C(C)CCN1C1CC1. The molecule has 0 aromatic rings. The molecule has 1 saturated carbocycles. The van der Waals surface area contributed by atoms with E-state index in [0.29, 0.717) is 6.04 Å². The summed E-state index contributed by atoms with van der Waals surface area (Å²) in [6.45, 7) is 2.95. The fourth-order valence-corrected chi connectivity index (χ4v) is 2.57. The molecule has 0 aromatic heterocycles. The topological polar surface area (TPSA) is 49.9 Å². The second-order valence-electron chi connectivity index (χ2n) is 5.35. The van der Waals surface area contributed by atoms with Gasteiger partial charge in [0.1, 0.15) is 6.04 Å². The first kappa shape index (κ1) is 13.3. The summed E-state index contributed by atoms with van der Waals surface area (Å²) in [6.07, 6.45) is 3.42. The molecule has 2 unspecified atom stereocenters. The first-order valence-corrected chi connectivity index (χ1v) is 6.63. The molecule has 2 atom stereocenters. The molecule has 1 aliphatic carbocycles. The molecule has 1 amide bonds. The van der Waals surface area contributed by atoms with Crippen molar-refractivity contribution < 1.29 is 14.3 Å². The predicted octanol–water partition coefficient (Wildman–Crippen LogP) is 0.633. The maximum atomic E-state index is 12.4. The number of methoxy groups -OCH3 is 1. The summed E-state index contributed by atoms with van der Waals surface area (Å²) >= 11 is 0. The highest BCUT2D eigenvalue weighted by molar-refractivity contribution is 5.87. The fourth-order valence-electron chi connectivity index (χ4n) is 2.57. The summed E-state index contributed by atoms with van der Waals surface area (Å²) in [6, 6.07) is 0.392. The van der Waals surface area contributed by atoms with E-state index in [9.17, 15) is 9.59 Å². The Morgan fingerprint density at radius 2 is 2.06 bits per heavy atom. The van der Waals surface area contributed by atoms with Gasteiger partial charge in [-0.2, -0.15) is 0 Å². The van der Waals surface area contributed by atoms with E-state index in [0.717, 1.165) is 25.8 Å². The van der Waals surface area contributed by atoms with Gasteiger partial charge in [0.15, 0.2) is 0 Å². The zero-order chi connectivity index (χ0) is 13.3. The Hall–Kier alpha value is -1.10. The Bertz CT molecular complexity index is 341. The van der Waals surface area contributed by atoms with Crippen LogP contribution in [0, 0.1) is 0 Å². The van der Waals surface area contributed by atoms with Crippen molar-refractivity contribution in [2.24, 2.45) is 0 Å². The van der Waals surface area contributed by atoms with Gasteiger partial charge in [-0.3, -0.25) is 14.5 Å². The molecule has 0 bridgehead atoms. The number of carbonyl (C=O) groups is 2. The lowest BCUT2D eigenvalue weighted by Gasteiger charge is -2.29. The summed E-state index contributed by atoms with van der Waals surface area (Å²) in [7, 11) is 3.20. The Labute approximate surface area is 108 Å². The predicted molar refractivity (Wildman–Crippen MR) is 67.0 cm³/mol. The lowest BCUT2D eigenvalue weighted by atomic mass is 10.1. The number of rotatable bonds is 3. The quantitative estimate of drug-likeness (QED) is 0.693. The molecular formula is C13H22N2O3. The van der Waals surface area contributed by atoms with Crippen LogP contribution in [0.1, 0.15) is 32.6 Å². The molecular weight excluding hydrogens is 232 g/mol. The maximum Gasteiger partial charge on any atom is 0.307 e. The summed E-state index contributed by atoms with van der Waals surface area (Å²) in [5, 5.41) is 0. The third-order valence-electron chi connectivity index (χ3n) is 4.10. The zero-order valence-corrected chi connectivity index (χ0v) is 11.4. The molecule has 102 valence electrons. The largest absolute Gasteiger partial charge is 0.469 e. The molecule has 1 heterocycles. The Kier molecular flexibility index (Phi) is 3.90. The molecule has 0 aromatic carbocycles. The van der Waals surface area contributed by atoms with E-state index in [1.54, 1.807) is 4.90 Å². The van der Waals surface area contributed by atoms with Crippen LogP contribution in [0.15, 0.2) is 0 Å². The van der Waals surface area contributed by atoms with Gasteiger partial charge in [-0.15, -0.1) is 0 Å². The standard InChI is InChI=1S/C13H22N2O3/c1-9-6-7-15(10-4-5-10)11(8-12(16)18-3)13(17)14(9)2/h9-11H,4-8H2,1-3H3. The van der Waals surface area contributed by atoms with Gasteiger partial charge < -0.3 is 9.64 Å². The van der Waals surface area contributed by atoms with Gasteiger partial charge in [0, 0.05) is 25.7 Å². The molecule has 18 heavy (non-hydrogen) atoms. The van der Waals surface area contributed by atoms with Crippen molar-refractivity contribution in [3.05, 3.63) is 0 Å². The minimum atomic E-state index is -0.333. The van der Waals surface area contributed by atoms with E-state index in [2.05, 4.69) is 11.8 Å². The van der Waals surface area contributed by atoms with Gasteiger partial charge in [0.05, 0.1) is 13.5 Å². The van der Waals surface area contributed by atoms with Crippen molar-refractivity contribution in [3.63, 3.8) is 0 Å². The van der Waals surface area contributed by atoms with E-state index >= 15 is 0 Å².